The Bertz CT molecular complexity index is 227. The molecule has 3 nitrogen and oxygen atoms in total. The highest BCUT2D eigenvalue weighted by Crippen LogP contribution is 2.11. The summed E-state index contributed by atoms with van der Waals surface area (Å²) in [6.45, 7) is 2.24. The van der Waals surface area contributed by atoms with Gasteiger partial charge in [0, 0.05) is 5.71 Å². The zero-order valence-electron chi connectivity index (χ0n) is 11.8. The maximum absolute atomic E-state index is 10.4. The van der Waals surface area contributed by atoms with E-state index < -0.39 is 5.97 Å². The molecule has 0 aliphatic heterocycles. The first-order valence-electron chi connectivity index (χ1n) is 7.45. The maximum atomic E-state index is 10.4. The summed E-state index contributed by atoms with van der Waals surface area (Å²) in [5.74, 6) is -0.882. The third-order valence-electron chi connectivity index (χ3n) is 3.20. The molecule has 0 aliphatic rings. The van der Waals surface area contributed by atoms with Crippen molar-refractivity contribution in [2.45, 2.75) is 84.0 Å². The van der Waals surface area contributed by atoms with Crippen LogP contribution < -0.4 is 0 Å². The lowest BCUT2D eigenvalue weighted by molar-refractivity contribution is -0.135. The van der Waals surface area contributed by atoms with Gasteiger partial charge in [-0.2, -0.15) is 0 Å². The normalized spacial score (nSPS) is 10.5. The molecule has 18 heavy (non-hydrogen) atoms. The van der Waals surface area contributed by atoms with Gasteiger partial charge >= 0.3 is 5.97 Å². The van der Waals surface area contributed by atoms with Gasteiger partial charge in [0.2, 0.25) is 0 Å². The molecular weight excluding hydrogens is 226 g/mol. The fraction of sp³-hybridized carbons (Fsp3) is 0.867. The van der Waals surface area contributed by atoms with Crippen molar-refractivity contribution in [3.05, 3.63) is 0 Å². The summed E-state index contributed by atoms with van der Waals surface area (Å²) in [7, 11) is 0. The molecule has 0 fully saturated rings. The minimum absolute atomic E-state index is 0.0859. The summed E-state index contributed by atoms with van der Waals surface area (Å²) in [5.41, 5.74) is 0.363. The van der Waals surface area contributed by atoms with E-state index in [4.69, 9.17) is 10.5 Å². The Morgan fingerprint density at radius 1 is 0.889 bits per heavy atom. The molecule has 2 N–H and O–H groups in total. The number of hydrogen-bond acceptors (Lipinski definition) is 2. The van der Waals surface area contributed by atoms with E-state index in [-0.39, 0.29) is 6.42 Å². The first-order chi connectivity index (χ1) is 8.66. The number of carboxylic acid groups (broad SMARTS) is 1. The molecule has 0 aliphatic carbocycles. The monoisotopic (exact) mass is 255 g/mol. The number of unbranched alkanes of at least 4 members (excludes halogenated alkanes) is 9. The third-order valence-corrected chi connectivity index (χ3v) is 3.20. The van der Waals surface area contributed by atoms with Gasteiger partial charge in [-0.15, -0.1) is 0 Å². The molecule has 0 amide bonds. The number of hydrogen-bond donors (Lipinski definition) is 2. The predicted molar refractivity (Wildman–Crippen MR) is 76.4 cm³/mol. The summed E-state index contributed by atoms with van der Waals surface area (Å²) < 4.78 is 0. The zero-order valence-corrected chi connectivity index (χ0v) is 11.8. The second-order valence-electron chi connectivity index (χ2n) is 5.11. The van der Waals surface area contributed by atoms with Gasteiger partial charge in [-0.25, -0.2) is 0 Å². The van der Waals surface area contributed by atoms with Gasteiger partial charge in [-0.05, 0) is 12.8 Å². The van der Waals surface area contributed by atoms with Crippen LogP contribution in [-0.4, -0.2) is 16.8 Å². The Labute approximate surface area is 111 Å². The van der Waals surface area contributed by atoms with E-state index in [0.717, 1.165) is 12.8 Å². The second-order valence-corrected chi connectivity index (χ2v) is 5.11. The average Bonchev–Trinajstić information content (AvgIpc) is 2.30. The summed E-state index contributed by atoms with van der Waals surface area (Å²) >= 11 is 0. The first kappa shape index (κ1) is 17.1. The minimum Gasteiger partial charge on any atom is -0.481 e. The lowest BCUT2D eigenvalue weighted by Gasteiger charge is -2.03. The molecule has 0 aromatic heterocycles. The molecule has 0 bridgehead atoms. The van der Waals surface area contributed by atoms with E-state index in [1.807, 2.05) is 0 Å². The van der Waals surface area contributed by atoms with Crippen LogP contribution in [0.5, 0.6) is 0 Å². The number of nitrogens with one attached hydrogen (secondary N) is 1. The first-order valence-corrected chi connectivity index (χ1v) is 7.45. The lowest BCUT2D eigenvalue weighted by atomic mass is 10.0. The van der Waals surface area contributed by atoms with Crippen molar-refractivity contribution in [2.24, 2.45) is 0 Å². The Hall–Kier alpha value is -0.860. The molecule has 0 heterocycles. The molecule has 0 atom stereocenters. The fourth-order valence-electron chi connectivity index (χ4n) is 2.10. The van der Waals surface area contributed by atoms with Crippen LogP contribution in [0, 0.1) is 5.41 Å². The van der Waals surface area contributed by atoms with E-state index in [1.165, 1.54) is 51.4 Å². The second kappa shape index (κ2) is 12.6. The Balaban J connectivity index is 3.11. The molecular formula is C15H29NO2. The van der Waals surface area contributed by atoms with Crippen LogP contribution in [0.25, 0.3) is 0 Å². The fourth-order valence-corrected chi connectivity index (χ4v) is 2.10. The van der Waals surface area contributed by atoms with Crippen LogP contribution in [0.1, 0.15) is 84.0 Å². The largest absolute Gasteiger partial charge is 0.481 e. The van der Waals surface area contributed by atoms with Crippen LogP contribution in [-0.2, 0) is 4.79 Å². The number of rotatable bonds is 13. The van der Waals surface area contributed by atoms with Crippen molar-refractivity contribution < 1.29 is 9.90 Å². The van der Waals surface area contributed by atoms with Crippen LogP contribution >= 0.6 is 0 Å². The van der Waals surface area contributed by atoms with Crippen molar-refractivity contribution in [3.8, 4) is 0 Å². The van der Waals surface area contributed by atoms with Crippen molar-refractivity contribution >= 4 is 11.7 Å². The quantitative estimate of drug-likeness (QED) is 0.367. The zero-order chi connectivity index (χ0) is 13.6. The van der Waals surface area contributed by atoms with Gasteiger partial charge in [0.25, 0.3) is 0 Å². The van der Waals surface area contributed by atoms with Crippen LogP contribution in [0.4, 0.5) is 0 Å². The maximum Gasteiger partial charge on any atom is 0.309 e. The average molecular weight is 255 g/mol. The van der Waals surface area contributed by atoms with E-state index in [9.17, 15) is 4.79 Å². The smallest absolute Gasteiger partial charge is 0.309 e. The lowest BCUT2D eigenvalue weighted by Crippen LogP contribution is -2.05. The summed E-state index contributed by atoms with van der Waals surface area (Å²) in [5, 5.41) is 16.0. The van der Waals surface area contributed by atoms with Crippen molar-refractivity contribution in [2.75, 3.05) is 0 Å². The van der Waals surface area contributed by atoms with Gasteiger partial charge < -0.3 is 10.5 Å². The number of carbonyl (C=O) groups is 1. The highest BCUT2D eigenvalue weighted by molar-refractivity contribution is 5.96. The van der Waals surface area contributed by atoms with Crippen molar-refractivity contribution in [1.82, 2.24) is 0 Å². The highest BCUT2D eigenvalue weighted by atomic mass is 16.4. The van der Waals surface area contributed by atoms with Gasteiger partial charge in [-0.1, -0.05) is 64.7 Å². The number of carboxylic acids is 1. The summed E-state index contributed by atoms with van der Waals surface area (Å²) in [6, 6.07) is 0. The predicted octanol–water partition coefficient (Wildman–Crippen LogP) is 4.79. The minimum atomic E-state index is -0.882. The van der Waals surface area contributed by atoms with Crippen LogP contribution in [0.3, 0.4) is 0 Å². The van der Waals surface area contributed by atoms with Crippen LogP contribution in [0.15, 0.2) is 0 Å². The Morgan fingerprint density at radius 3 is 1.78 bits per heavy atom. The Kier molecular flexibility index (Phi) is 12.0. The number of aliphatic carboxylic acids is 1. The summed E-state index contributed by atoms with van der Waals surface area (Å²) in [6.07, 6.45) is 13.3. The highest BCUT2D eigenvalue weighted by Gasteiger charge is 2.02. The topological polar surface area (TPSA) is 61.2 Å². The molecule has 0 rings (SSSR count). The molecule has 0 saturated heterocycles. The molecule has 0 aromatic carbocycles. The molecule has 106 valence electrons. The molecule has 0 aromatic rings. The summed E-state index contributed by atoms with van der Waals surface area (Å²) in [4.78, 5) is 10.4. The van der Waals surface area contributed by atoms with Crippen LogP contribution in [0.2, 0.25) is 0 Å². The van der Waals surface area contributed by atoms with Gasteiger partial charge in [0.1, 0.15) is 0 Å². The molecule has 0 unspecified atom stereocenters. The molecule has 0 spiro atoms. The standard InChI is InChI=1S/C15H29NO2/c1-2-3-4-5-6-7-8-9-10-11-12-14(16)13-15(17)18/h16H,2-13H2,1H3,(H,17,18). The van der Waals surface area contributed by atoms with Gasteiger partial charge in [0.05, 0.1) is 6.42 Å². The van der Waals surface area contributed by atoms with E-state index in [1.54, 1.807) is 0 Å². The third kappa shape index (κ3) is 13.2. The van der Waals surface area contributed by atoms with Crippen molar-refractivity contribution in [3.63, 3.8) is 0 Å². The van der Waals surface area contributed by atoms with Crippen molar-refractivity contribution in [1.29, 1.82) is 5.41 Å². The SMILES string of the molecule is CCCCCCCCCCCCC(=N)CC(=O)O. The molecule has 0 radical (unpaired) electrons. The Morgan fingerprint density at radius 2 is 1.33 bits per heavy atom. The van der Waals surface area contributed by atoms with E-state index in [2.05, 4.69) is 6.92 Å². The molecule has 0 saturated carbocycles. The molecule has 3 heteroatoms. The van der Waals surface area contributed by atoms with E-state index >= 15 is 0 Å². The van der Waals surface area contributed by atoms with E-state index in [0.29, 0.717) is 12.1 Å². The van der Waals surface area contributed by atoms with Gasteiger partial charge in [-0.3, -0.25) is 4.79 Å². The van der Waals surface area contributed by atoms with Gasteiger partial charge in [0.15, 0.2) is 0 Å².